The maximum Gasteiger partial charge on any atom is 0.223 e. The summed E-state index contributed by atoms with van der Waals surface area (Å²) in [5, 5.41) is 4.22. The van der Waals surface area contributed by atoms with Crippen molar-refractivity contribution >= 4 is 21.8 Å². The van der Waals surface area contributed by atoms with Gasteiger partial charge >= 0.3 is 0 Å². The summed E-state index contributed by atoms with van der Waals surface area (Å²) < 4.78 is 5.45. The van der Waals surface area contributed by atoms with E-state index >= 15 is 0 Å². The first-order chi connectivity index (χ1) is 10.2. The first kappa shape index (κ1) is 15.8. The Morgan fingerprint density at radius 2 is 1.81 bits per heavy atom. The minimum Gasteiger partial charge on any atom is -0.381 e. The van der Waals surface area contributed by atoms with E-state index in [0.717, 1.165) is 56.1 Å². The molecule has 2 saturated carbocycles. The van der Waals surface area contributed by atoms with Crippen LogP contribution in [0.2, 0.25) is 0 Å². The summed E-state index contributed by atoms with van der Waals surface area (Å²) in [7, 11) is 0. The smallest absolute Gasteiger partial charge is 0.223 e. The third-order valence-corrected chi connectivity index (χ3v) is 7.08. The highest BCUT2D eigenvalue weighted by molar-refractivity contribution is 9.09. The first-order valence-electron chi connectivity index (χ1n) is 8.68. The van der Waals surface area contributed by atoms with Crippen LogP contribution in [-0.2, 0) is 9.53 Å². The Labute approximate surface area is 136 Å². The Balaban J connectivity index is 1.57. The second-order valence-corrected chi connectivity index (χ2v) is 7.89. The summed E-state index contributed by atoms with van der Waals surface area (Å²) in [6, 6.07) is 0. The number of carbonyl (C=O) groups is 1. The monoisotopic (exact) mass is 357 g/mol. The van der Waals surface area contributed by atoms with E-state index in [1.54, 1.807) is 0 Å². The highest BCUT2D eigenvalue weighted by Crippen LogP contribution is 2.43. The maximum absolute atomic E-state index is 12.7. The minimum atomic E-state index is -0.0707. The molecule has 3 aliphatic rings. The van der Waals surface area contributed by atoms with E-state index in [1.165, 1.54) is 32.1 Å². The summed E-state index contributed by atoms with van der Waals surface area (Å²) in [6.07, 6.45) is 10.9. The van der Waals surface area contributed by atoms with Crippen LogP contribution in [0.5, 0.6) is 0 Å². The molecular weight excluding hydrogens is 330 g/mol. The van der Waals surface area contributed by atoms with Gasteiger partial charge in [0, 0.05) is 24.5 Å². The Hall–Kier alpha value is -0.0900. The van der Waals surface area contributed by atoms with E-state index in [-0.39, 0.29) is 11.5 Å². The van der Waals surface area contributed by atoms with Gasteiger partial charge < -0.3 is 10.1 Å². The summed E-state index contributed by atoms with van der Waals surface area (Å²) in [6.45, 7) is 1.53. The standard InChI is InChI=1S/C17H28BrNO2/c18-12-17(7-9-21-10-8-17)19-16(20)15-6-5-13-3-1-2-4-14(13)11-15/h13-15H,1-12H2,(H,19,20). The second-order valence-electron chi connectivity index (χ2n) is 7.33. The quantitative estimate of drug-likeness (QED) is 0.782. The second kappa shape index (κ2) is 6.99. The van der Waals surface area contributed by atoms with Gasteiger partial charge in [-0.05, 0) is 43.9 Å². The third kappa shape index (κ3) is 3.64. The number of halogens is 1. The van der Waals surface area contributed by atoms with Crippen molar-refractivity contribution in [1.29, 1.82) is 0 Å². The SMILES string of the molecule is O=C(NC1(CBr)CCOCC1)C1CCC2CCCCC2C1. The van der Waals surface area contributed by atoms with Crippen molar-refractivity contribution in [2.45, 2.75) is 63.3 Å². The molecule has 1 amide bonds. The Morgan fingerprint density at radius 3 is 2.52 bits per heavy atom. The lowest BCUT2D eigenvalue weighted by Crippen LogP contribution is -2.55. The Bertz CT molecular complexity index is 368. The van der Waals surface area contributed by atoms with Gasteiger partial charge in [-0.25, -0.2) is 0 Å². The number of alkyl halides is 1. The Morgan fingerprint density at radius 1 is 1.10 bits per heavy atom. The topological polar surface area (TPSA) is 38.3 Å². The maximum atomic E-state index is 12.7. The predicted molar refractivity (Wildman–Crippen MR) is 87.5 cm³/mol. The van der Waals surface area contributed by atoms with Gasteiger partial charge in [-0.15, -0.1) is 0 Å². The average molecular weight is 358 g/mol. The normalized spacial score (nSPS) is 35.8. The van der Waals surface area contributed by atoms with Crippen LogP contribution in [0, 0.1) is 17.8 Å². The molecule has 2 aliphatic carbocycles. The molecule has 0 spiro atoms. The molecule has 3 rings (SSSR count). The van der Waals surface area contributed by atoms with Crippen molar-refractivity contribution in [3.63, 3.8) is 0 Å². The number of rotatable bonds is 3. The number of nitrogens with one attached hydrogen (secondary N) is 1. The van der Waals surface area contributed by atoms with Crippen molar-refractivity contribution in [2.75, 3.05) is 18.5 Å². The molecule has 3 unspecified atom stereocenters. The van der Waals surface area contributed by atoms with Crippen LogP contribution in [-0.4, -0.2) is 30.0 Å². The van der Waals surface area contributed by atoms with Gasteiger partial charge in [-0.2, -0.15) is 0 Å². The number of hydrogen-bond donors (Lipinski definition) is 1. The molecule has 4 heteroatoms. The fraction of sp³-hybridized carbons (Fsp3) is 0.941. The average Bonchev–Trinajstić information content (AvgIpc) is 2.55. The zero-order valence-electron chi connectivity index (χ0n) is 12.9. The van der Waals surface area contributed by atoms with Gasteiger partial charge in [0.05, 0.1) is 5.54 Å². The molecule has 0 bridgehead atoms. The fourth-order valence-corrected chi connectivity index (χ4v) is 5.23. The van der Waals surface area contributed by atoms with Crippen LogP contribution in [0.1, 0.15) is 57.8 Å². The first-order valence-corrected chi connectivity index (χ1v) is 9.80. The van der Waals surface area contributed by atoms with Crippen LogP contribution in [0.25, 0.3) is 0 Å². The van der Waals surface area contributed by atoms with Crippen molar-refractivity contribution in [2.24, 2.45) is 17.8 Å². The van der Waals surface area contributed by atoms with Crippen molar-refractivity contribution in [3.05, 3.63) is 0 Å². The van der Waals surface area contributed by atoms with Gasteiger partial charge in [0.15, 0.2) is 0 Å². The van der Waals surface area contributed by atoms with E-state index < -0.39 is 0 Å². The van der Waals surface area contributed by atoms with E-state index in [1.807, 2.05) is 0 Å². The lowest BCUT2D eigenvalue weighted by Gasteiger charge is -2.41. The van der Waals surface area contributed by atoms with Gasteiger partial charge in [-0.1, -0.05) is 41.6 Å². The molecule has 1 heterocycles. The summed E-state index contributed by atoms with van der Waals surface area (Å²) in [5.41, 5.74) is -0.0707. The third-order valence-electron chi connectivity index (χ3n) is 6.00. The molecule has 21 heavy (non-hydrogen) atoms. The summed E-state index contributed by atoms with van der Waals surface area (Å²) in [5.74, 6) is 2.29. The van der Waals surface area contributed by atoms with Crippen LogP contribution < -0.4 is 5.32 Å². The van der Waals surface area contributed by atoms with E-state index in [2.05, 4.69) is 21.2 Å². The van der Waals surface area contributed by atoms with Crippen molar-refractivity contribution in [3.8, 4) is 0 Å². The fourth-order valence-electron chi connectivity index (χ4n) is 4.53. The van der Waals surface area contributed by atoms with Crippen molar-refractivity contribution in [1.82, 2.24) is 5.32 Å². The molecule has 0 radical (unpaired) electrons. The zero-order valence-corrected chi connectivity index (χ0v) is 14.5. The van der Waals surface area contributed by atoms with Crippen LogP contribution in [0.15, 0.2) is 0 Å². The molecular formula is C17H28BrNO2. The molecule has 3 fully saturated rings. The molecule has 3 atom stereocenters. The zero-order chi connectivity index (χ0) is 14.7. The molecule has 0 aromatic rings. The number of amides is 1. The number of fused-ring (bicyclic) bond motifs is 1. The number of carbonyl (C=O) groups excluding carboxylic acids is 1. The van der Waals surface area contributed by atoms with Gasteiger partial charge in [0.25, 0.3) is 0 Å². The van der Waals surface area contributed by atoms with Gasteiger partial charge in [0.2, 0.25) is 5.91 Å². The van der Waals surface area contributed by atoms with Gasteiger partial charge in [0.1, 0.15) is 0 Å². The molecule has 3 nitrogen and oxygen atoms in total. The van der Waals surface area contributed by atoms with Crippen molar-refractivity contribution < 1.29 is 9.53 Å². The van der Waals surface area contributed by atoms with Crippen LogP contribution >= 0.6 is 15.9 Å². The predicted octanol–water partition coefficient (Wildman–Crippen LogP) is 3.65. The summed E-state index contributed by atoms with van der Waals surface area (Å²) in [4.78, 5) is 12.7. The molecule has 1 saturated heterocycles. The molecule has 1 aliphatic heterocycles. The van der Waals surface area contributed by atoms with E-state index in [0.29, 0.717) is 5.91 Å². The van der Waals surface area contributed by atoms with E-state index in [4.69, 9.17) is 4.74 Å². The lowest BCUT2D eigenvalue weighted by molar-refractivity contribution is -0.130. The van der Waals surface area contributed by atoms with Crippen LogP contribution in [0.4, 0.5) is 0 Å². The summed E-state index contributed by atoms with van der Waals surface area (Å²) >= 11 is 3.61. The van der Waals surface area contributed by atoms with Gasteiger partial charge in [-0.3, -0.25) is 4.79 Å². The molecule has 0 aromatic carbocycles. The molecule has 0 aromatic heterocycles. The van der Waals surface area contributed by atoms with E-state index in [9.17, 15) is 4.79 Å². The molecule has 120 valence electrons. The highest BCUT2D eigenvalue weighted by atomic mass is 79.9. The van der Waals surface area contributed by atoms with Crippen LogP contribution in [0.3, 0.4) is 0 Å². The lowest BCUT2D eigenvalue weighted by atomic mass is 9.67. The highest BCUT2D eigenvalue weighted by Gasteiger charge is 2.39. The number of ether oxygens (including phenoxy) is 1. The Kier molecular flexibility index (Phi) is 5.26. The number of hydrogen-bond acceptors (Lipinski definition) is 2. The minimum absolute atomic E-state index is 0.0707. The largest absolute Gasteiger partial charge is 0.381 e. The molecule has 1 N–H and O–H groups in total.